The molecule has 2 aromatic carbocycles. The highest BCUT2D eigenvalue weighted by molar-refractivity contribution is 7.99. The molecule has 0 aliphatic carbocycles. The van der Waals surface area contributed by atoms with Crippen LogP contribution in [0.4, 0.5) is 5.69 Å². The topological polar surface area (TPSA) is 69.0 Å². The van der Waals surface area contributed by atoms with Crippen LogP contribution in [0.2, 0.25) is 5.02 Å². The number of hydrogen-bond acceptors (Lipinski definition) is 5. The number of rotatable bonds is 9. The van der Waals surface area contributed by atoms with Gasteiger partial charge in [0.15, 0.2) is 17.1 Å². The lowest BCUT2D eigenvalue weighted by atomic mass is 10.2. The summed E-state index contributed by atoms with van der Waals surface area (Å²) < 4.78 is 8.02. The largest absolute Gasteiger partial charge is 0.483 e. The monoisotopic (exact) mass is 444 g/mol. The predicted octanol–water partition coefficient (Wildman–Crippen LogP) is 5.38. The zero-order valence-corrected chi connectivity index (χ0v) is 18.8. The number of thioether (sulfide) groups is 1. The van der Waals surface area contributed by atoms with E-state index in [9.17, 15) is 4.79 Å². The molecule has 0 fully saturated rings. The first-order valence-corrected chi connectivity index (χ1v) is 11.2. The molecular formula is C22H25ClN4O2S. The van der Waals surface area contributed by atoms with Crippen LogP contribution >= 0.6 is 23.4 Å². The van der Waals surface area contributed by atoms with Crippen molar-refractivity contribution in [3.05, 3.63) is 64.9 Å². The Balaban J connectivity index is 1.62. The fourth-order valence-corrected chi connectivity index (χ4v) is 3.96. The van der Waals surface area contributed by atoms with E-state index in [-0.39, 0.29) is 17.8 Å². The number of nitrogens with one attached hydrogen (secondary N) is 1. The maximum absolute atomic E-state index is 12.3. The third-order valence-corrected chi connectivity index (χ3v) is 5.71. The van der Waals surface area contributed by atoms with E-state index in [2.05, 4.69) is 34.6 Å². The van der Waals surface area contributed by atoms with Crippen molar-refractivity contribution in [2.24, 2.45) is 0 Å². The van der Waals surface area contributed by atoms with Crippen molar-refractivity contribution in [2.45, 2.75) is 45.0 Å². The van der Waals surface area contributed by atoms with Crippen LogP contribution < -0.4 is 10.1 Å². The minimum absolute atomic E-state index is 0.130. The molecule has 3 rings (SSSR count). The van der Waals surface area contributed by atoms with Gasteiger partial charge < -0.3 is 14.6 Å². The van der Waals surface area contributed by atoms with E-state index in [1.54, 1.807) is 24.3 Å². The quantitative estimate of drug-likeness (QED) is 0.448. The summed E-state index contributed by atoms with van der Waals surface area (Å²) in [5.74, 6) is 1.61. The Bertz CT molecular complexity index is 991. The second-order valence-electron chi connectivity index (χ2n) is 6.69. The van der Waals surface area contributed by atoms with Crippen molar-refractivity contribution in [3.63, 3.8) is 0 Å². The normalized spacial score (nSPS) is 11.9. The van der Waals surface area contributed by atoms with Gasteiger partial charge in [-0.1, -0.05) is 48.5 Å². The number of aryl methyl sites for hydroxylation is 1. The van der Waals surface area contributed by atoms with Gasteiger partial charge in [-0.05, 0) is 56.2 Å². The van der Waals surface area contributed by atoms with Gasteiger partial charge in [0.2, 0.25) is 5.91 Å². The van der Waals surface area contributed by atoms with Crippen LogP contribution in [-0.2, 0) is 17.8 Å². The summed E-state index contributed by atoms with van der Waals surface area (Å²) in [6.07, 6.45) is 0.727. The molecule has 1 heterocycles. The Morgan fingerprint density at radius 3 is 2.63 bits per heavy atom. The molecule has 6 nitrogen and oxygen atoms in total. The Labute approximate surface area is 186 Å². The summed E-state index contributed by atoms with van der Waals surface area (Å²) in [7, 11) is 0. The van der Waals surface area contributed by atoms with E-state index in [0.29, 0.717) is 22.4 Å². The molecule has 0 bridgehead atoms. The molecule has 0 radical (unpaired) electrons. The molecule has 3 aromatic rings. The highest BCUT2D eigenvalue weighted by atomic mass is 35.5. The minimum atomic E-state index is -0.264. The number of anilines is 1. The average molecular weight is 445 g/mol. The number of halogens is 1. The molecule has 0 aliphatic rings. The summed E-state index contributed by atoms with van der Waals surface area (Å²) in [6, 6.07) is 15.1. The van der Waals surface area contributed by atoms with Crippen LogP contribution in [0.25, 0.3) is 0 Å². The Morgan fingerprint density at radius 1 is 1.20 bits per heavy atom. The molecule has 1 aromatic heterocycles. The Kier molecular flexibility index (Phi) is 7.76. The molecule has 1 N–H and O–H groups in total. The van der Waals surface area contributed by atoms with E-state index in [1.807, 2.05) is 30.5 Å². The molecule has 1 amide bonds. The first-order valence-electron chi connectivity index (χ1n) is 9.87. The lowest BCUT2D eigenvalue weighted by Crippen LogP contribution is -2.15. The second-order valence-corrected chi connectivity index (χ2v) is 8.07. The Hall–Kier alpha value is -2.51. The van der Waals surface area contributed by atoms with Crippen LogP contribution in [0.15, 0.2) is 53.7 Å². The zero-order chi connectivity index (χ0) is 21.5. The summed E-state index contributed by atoms with van der Waals surface area (Å²) in [5, 5.41) is 12.7. The van der Waals surface area contributed by atoms with E-state index < -0.39 is 0 Å². The summed E-state index contributed by atoms with van der Waals surface area (Å²) in [4.78, 5) is 12.3. The van der Waals surface area contributed by atoms with Gasteiger partial charge in [0, 0.05) is 17.3 Å². The van der Waals surface area contributed by atoms with Gasteiger partial charge in [0.05, 0.1) is 5.75 Å². The van der Waals surface area contributed by atoms with Crippen molar-refractivity contribution in [2.75, 3.05) is 11.1 Å². The number of hydrogen-bond donors (Lipinski definition) is 1. The fourth-order valence-electron chi connectivity index (χ4n) is 2.96. The number of nitrogens with zero attached hydrogens (tertiary/aromatic N) is 3. The van der Waals surface area contributed by atoms with Gasteiger partial charge in [-0.25, -0.2) is 0 Å². The molecule has 8 heteroatoms. The van der Waals surface area contributed by atoms with Crippen LogP contribution in [0, 0.1) is 0 Å². The average Bonchev–Trinajstić information content (AvgIpc) is 3.16. The smallest absolute Gasteiger partial charge is 0.234 e. The van der Waals surface area contributed by atoms with Crippen LogP contribution in [-0.4, -0.2) is 26.4 Å². The highest BCUT2D eigenvalue weighted by Crippen LogP contribution is 2.25. The molecule has 0 saturated heterocycles. The lowest BCUT2D eigenvalue weighted by Gasteiger charge is -2.16. The number of ether oxygens (including phenoxy) is 1. The molecule has 1 atom stereocenters. The van der Waals surface area contributed by atoms with Crippen molar-refractivity contribution in [1.29, 1.82) is 0 Å². The summed E-state index contributed by atoms with van der Waals surface area (Å²) in [5.41, 5.74) is 1.93. The van der Waals surface area contributed by atoms with Gasteiger partial charge in [-0.2, -0.15) is 0 Å². The third-order valence-electron chi connectivity index (χ3n) is 4.51. The Morgan fingerprint density at radius 2 is 1.97 bits per heavy atom. The highest BCUT2D eigenvalue weighted by Gasteiger charge is 2.19. The summed E-state index contributed by atoms with van der Waals surface area (Å²) in [6.45, 7) is 6.77. The maximum Gasteiger partial charge on any atom is 0.234 e. The van der Waals surface area contributed by atoms with Crippen molar-refractivity contribution in [1.82, 2.24) is 14.8 Å². The van der Waals surface area contributed by atoms with Crippen molar-refractivity contribution in [3.8, 4) is 5.75 Å². The molecule has 30 heavy (non-hydrogen) atoms. The van der Waals surface area contributed by atoms with Crippen molar-refractivity contribution < 1.29 is 9.53 Å². The van der Waals surface area contributed by atoms with Crippen molar-refractivity contribution >= 4 is 35.0 Å². The first kappa shape index (κ1) is 22.2. The number of carbonyl (C=O) groups excluding carboxylic acids is 1. The predicted molar refractivity (Wildman–Crippen MR) is 121 cm³/mol. The molecule has 0 saturated carbocycles. The molecular weight excluding hydrogens is 420 g/mol. The maximum atomic E-state index is 12.3. The standard InChI is InChI=1S/C22H25ClN4O2S/c1-4-16-9-11-19(12-10-16)29-15(3)21-25-26-22(27(21)5-2)30-14-20(28)24-18-8-6-7-17(23)13-18/h6-13,15H,4-5,14H2,1-3H3,(H,24,28). The first-order chi connectivity index (χ1) is 14.5. The van der Waals surface area contributed by atoms with Gasteiger partial charge in [0.25, 0.3) is 0 Å². The van der Waals surface area contributed by atoms with Gasteiger partial charge in [0.1, 0.15) is 5.75 Å². The third kappa shape index (κ3) is 5.77. The van der Waals surface area contributed by atoms with Gasteiger partial charge in [-0.3, -0.25) is 4.79 Å². The van der Waals surface area contributed by atoms with Gasteiger partial charge in [-0.15, -0.1) is 10.2 Å². The molecule has 1 unspecified atom stereocenters. The van der Waals surface area contributed by atoms with Crippen LogP contribution in [0.3, 0.4) is 0 Å². The van der Waals surface area contributed by atoms with E-state index in [1.165, 1.54) is 17.3 Å². The summed E-state index contributed by atoms with van der Waals surface area (Å²) >= 11 is 7.30. The number of carbonyl (C=O) groups is 1. The number of benzene rings is 2. The van der Waals surface area contributed by atoms with E-state index in [0.717, 1.165) is 18.0 Å². The molecule has 158 valence electrons. The SMILES string of the molecule is CCc1ccc(OC(C)c2nnc(SCC(=O)Nc3cccc(Cl)c3)n2CC)cc1. The van der Waals surface area contributed by atoms with Crippen LogP contribution in [0.5, 0.6) is 5.75 Å². The van der Waals surface area contributed by atoms with Gasteiger partial charge >= 0.3 is 0 Å². The minimum Gasteiger partial charge on any atom is -0.483 e. The number of amides is 1. The zero-order valence-electron chi connectivity index (χ0n) is 17.3. The number of aromatic nitrogens is 3. The molecule has 0 spiro atoms. The van der Waals surface area contributed by atoms with E-state index >= 15 is 0 Å². The fraction of sp³-hybridized carbons (Fsp3) is 0.318. The lowest BCUT2D eigenvalue weighted by molar-refractivity contribution is -0.113. The molecule has 0 aliphatic heterocycles. The second kappa shape index (κ2) is 10.5. The van der Waals surface area contributed by atoms with E-state index in [4.69, 9.17) is 16.3 Å². The van der Waals surface area contributed by atoms with Crippen LogP contribution in [0.1, 0.15) is 38.3 Å².